The van der Waals surface area contributed by atoms with Crippen molar-refractivity contribution < 1.29 is 4.79 Å². The number of thiocarbonyl (C=S) groups is 1. The van der Waals surface area contributed by atoms with Crippen molar-refractivity contribution in [1.29, 1.82) is 0 Å². The lowest BCUT2D eigenvalue weighted by Crippen LogP contribution is -2.58. The normalized spacial score (nSPS) is 22.5. The molecule has 1 amide bonds. The molecule has 1 fully saturated rings. The molecule has 0 aliphatic carbocycles. The third-order valence-electron chi connectivity index (χ3n) is 2.09. The molecular weight excluding hydrogens is 186 g/mol. The van der Waals surface area contributed by atoms with E-state index in [2.05, 4.69) is 10.6 Å². The zero-order chi connectivity index (χ0) is 9.84. The highest BCUT2D eigenvalue weighted by molar-refractivity contribution is 7.80. The number of hydrogen-bond donors (Lipinski definition) is 2. The summed E-state index contributed by atoms with van der Waals surface area (Å²) in [6, 6.07) is -0.153. The van der Waals surface area contributed by atoms with E-state index in [9.17, 15) is 4.79 Å². The SMILES string of the molecule is CCNC(=S)N1CCNC(=O)C1C. The molecule has 1 aliphatic heterocycles. The third-order valence-corrected chi connectivity index (χ3v) is 2.47. The van der Waals surface area contributed by atoms with Crippen molar-refractivity contribution in [3.8, 4) is 0 Å². The van der Waals surface area contributed by atoms with E-state index in [0.29, 0.717) is 11.7 Å². The minimum Gasteiger partial charge on any atom is -0.363 e. The van der Waals surface area contributed by atoms with Gasteiger partial charge < -0.3 is 15.5 Å². The lowest BCUT2D eigenvalue weighted by Gasteiger charge is -2.34. The van der Waals surface area contributed by atoms with Crippen LogP contribution in [0.25, 0.3) is 0 Å². The van der Waals surface area contributed by atoms with Crippen LogP contribution in [-0.4, -0.2) is 41.6 Å². The van der Waals surface area contributed by atoms with Crippen LogP contribution >= 0.6 is 12.2 Å². The topological polar surface area (TPSA) is 44.4 Å². The molecule has 1 aliphatic rings. The number of nitrogens with one attached hydrogen (secondary N) is 2. The van der Waals surface area contributed by atoms with Crippen molar-refractivity contribution in [3.05, 3.63) is 0 Å². The first-order valence-electron chi connectivity index (χ1n) is 4.49. The van der Waals surface area contributed by atoms with E-state index in [1.807, 2.05) is 18.7 Å². The second kappa shape index (κ2) is 4.41. The summed E-state index contributed by atoms with van der Waals surface area (Å²) in [4.78, 5) is 13.2. The van der Waals surface area contributed by atoms with Crippen LogP contribution in [0.4, 0.5) is 0 Å². The maximum atomic E-state index is 11.3. The summed E-state index contributed by atoms with van der Waals surface area (Å²) < 4.78 is 0. The average Bonchev–Trinajstić information content (AvgIpc) is 2.10. The summed E-state index contributed by atoms with van der Waals surface area (Å²) in [5.74, 6) is 0.0477. The van der Waals surface area contributed by atoms with Crippen LogP contribution in [0.2, 0.25) is 0 Å². The second-order valence-electron chi connectivity index (χ2n) is 3.00. The third kappa shape index (κ3) is 2.30. The van der Waals surface area contributed by atoms with Crippen molar-refractivity contribution >= 4 is 23.2 Å². The highest BCUT2D eigenvalue weighted by atomic mass is 32.1. The highest BCUT2D eigenvalue weighted by Gasteiger charge is 2.26. The molecule has 5 heteroatoms. The fourth-order valence-electron chi connectivity index (χ4n) is 1.31. The molecule has 13 heavy (non-hydrogen) atoms. The van der Waals surface area contributed by atoms with E-state index in [4.69, 9.17) is 12.2 Å². The highest BCUT2D eigenvalue weighted by Crippen LogP contribution is 2.03. The Hall–Kier alpha value is -0.840. The van der Waals surface area contributed by atoms with Gasteiger partial charge in [-0.15, -0.1) is 0 Å². The molecule has 0 aromatic heterocycles. The predicted octanol–water partition coefficient (Wildman–Crippen LogP) is -0.299. The summed E-state index contributed by atoms with van der Waals surface area (Å²) in [6.07, 6.45) is 0. The lowest BCUT2D eigenvalue weighted by atomic mass is 10.2. The van der Waals surface area contributed by atoms with Gasteiger partial charge in [-0.1, -0.05) is 0 Å². The lowest BCUT2D eigenvalue weighted by molar-refractivity contribution is -0.126. The molecule has 0 radical (unpaired) electrons. The minimum atomic E-state index is -0.153. The molecule has 0 aromatic rings. The maximum absolute atomic E-state index is 11.3. The van der Waals surface area contributed by atoms with Crippen molar-refractivity contribution in [2.45, 2.75) is 19.9 Å². The van der Waals surface area contributed by atoms with Crippen molar-refractivity contribution in [1.82, 2.24) is 15.5 Å². The molecule has 4 nitrogen and oxygen atoms in total. The quantitative estimate of drug-likeness (QED) is 0.572. The molecule has 0 aromatic carbocycles. The Bertz CT molecular complexity index is 219. The van der Waals surface area contributed by atoms with Crippen LogP contribution in [-0.2, 0) is 4.79 Å². The van der Waals surface area contributed by atoms with Gasteiger partial charge in [0.2, 0.25) is 5.91 Å². The van der Waals surface area contributed by atoms with Crippen molar-refractivity contribution in [2.24, 2.45) is 0 Å². The second-order valence-corrected chi connectivity index (χ2v) is 3.38. The largest absolute Gasteiger partial charge is 0.363 e. The zero-order valence-electron chi connectivity index (χ0n) is 7.96. The van der Waals surface area contributed by atoms with Gasteiger partial charge in [0.1, 0.15) is 6.04 Å². The summed E-state index contributed by atoms with van der Waals surface area (Å²) in [7, 11) is 0. The van der Waals surface area contributed by atoms with Crippen molar-refractivity contribution in [2.75, 3.05) is 19.6 Å². The Morgan fingerprint density at radius 3 is 3.15 bits per heavy atom. The number of nitrogens with zero attached hydrogens (tertiary/aromatic N) is 1. The van der Waals surface area contributed by atoms with E-state index < -0.39 is 0 Å². The van der Waals surface area contributed by atoms with Crippen LogP contribution in [0, 0.1) is 0 Å². The van der Waals surface area contributed by atoms with Gasteiger partial charge in [0.25, 0.3) is 0 Å². The number of rotatable bonds is 1. The molecule has 1 heterocycles. The Morgan fingerprint density at radius 1 is 1.85 bits per heavy atom. The van der Waals surface area contributed by atoms with Gasteiger partial charge in [-0.3, -0.25) is 4.79 Å². The molecule has 1 unspecified atom stereocenters. The standard InChI is InChI=1S/C8H15N3OS/c1-3-9-8(13)11-5-4-10-7(12)6(11)2/h6H,3-5H2,1-2H3,(H,9,13)(H,10,12). The molecular formula is C8H15N3OS. The van der Waals surface area contributed by atoms with Gasteiger partial charge in [0.05, 0.1) is 0 Å². The number of carbonyl (C=O) groups excluding carboxylic acids is 1. The fraction of sp³-hybridized carbons (Fsp3) is 0.750. The number of hydrogen-bond acceptors (Lipinski definition) is 2. The molecule has 0 spiro atoms. The van der Waals surface area contributed by atoms with Crippen LogP contribution < -0.4 is 10.6 Å². The molecule has 1 rings (SSSR count). The summed E-state index contributed by atoms with van der Waals surface area (Å²) in [6.45, 7) is 6.11. The number of carbonyl (C=O) groups is 1. The Balaban J connectivity index is 2.57. The van der Waals surface area contributed by atoms with Gasteiger partial charge in [-0.05, 0) is 26.1 Å². The first-order valence-corrected chi connectivity index (χ1v) is 4.89. The summed E-state index contributed by atoms with van der Waals surface area (Å²) >= 11 is 5.14. The molecule has 0 saturated carbocycles. The average molecular weight is 201 g/mol. The monoisotopic (exact) mass is 201 g/mol. The van der Waals surface area contributed by atoms with Crippen LogP contribution in [0.15, 0.2) is 0 Å². The van der Waals surface area contributed by atoms with Gasteiger partial charge in [-0.2, -0.15) is 0 Å². The van der Waals surface area contributed by atoms with Crippen molar-refractivity contribution in [3.63, 3.8) is 0 Å². The summed E-state index contributed by atoms with van der Waals surface area (Å²) in [5, 5.41) is 6.51. The smallest absolute Gasteiger partial charge is 0.242 e. The molecule has 0 bridgehead atoms. The minimum absolute atomic E-state index is 0.0477. The number of piperazine rings is 1. The molecule has 1 atom stereocenters. The van der Waals surface area contributed by atoms with Gasteiger partial charge in [0, 0.05) is 19.6 Å². The zero-order valence-corrected chi connectivity index (χ0v) is 8.78. The Morgan fingerprint density at radius 2 is 2.54 bits per heavy atom. The Kier molecular flexibility index (Phi) is 3.48. The van der Waals surface area contributed by atoms with Crippen LogP contribution in [0.3, 0.4) is 0 Å². The van der Waals surface area contributed by atoms with Crippen LogP contribution in [0.5, 0.6) is 0 Å². The Labute approximate surface area is 83.7 Å². The van der Waals surface area contributed by atoms with E-state index in [1.165, 1.54) is 0 Å². The van der Waals surface area contributed by atoms with E-state index >= 15 is 0 Å². The summed E-state index contributed by atoms with van der Waals surface area (Å²) in [5.41, 5.74) is 0. The fourth-order valence-corrected chi connectivity index (χ4v) is 1.71. The first kappa shape index (κ1) is 10.2. The predicted molar refractivity (Wildman–Crippen MR) is 55.5 cm³/mol. The van der Waals surface area contributed by atoms with Gasteiger partial charge in [-0.25, -0.2) is 0 Å². The van der Waals surface area contributed by atoms with Crippen LogP contribution in [0.1, 0.15) is 13.8 Å². The molecule has 1 saturated heterocycles. The maximum Gasteiger partial charge on any atom is 0.242 e. The van der Waals surface area contributed by atoms with E-state index in [-0.39, 0.29) is 11.9 Å². The first-order chi connectivity index (χ1) is 6.16. The van der Waals surface area contributed by atoms with Gasteiger partial charge in [0.15, 0.2) is 5.11 Å². The molecule has 2 N–H and O–H groups in total. The van der Waals surface area contributed by atoms with E-state index in [0.717, 1.165) is 13.1 Å². The van der Waals surface area contributed by atoms with E-state index in [1.54, 1.807) is 0 Å². The van der Waals surface area contributed by atoms with Gasteiger partial charge >= 0.3 is 0 Å². The molecule has 74 valence electrons. The number of amides is 1.